The lowest BCUT2D eigenvalue weighted by Gasteiger charge is -2.06. The van der Waals surface area contributed by atoms with E-state index in [4.69, 9.17) is 5.11 Å². The molecule has 1 heterocycles. The number of nitrogens with zero attached hydrogens (tertiary/aromatic N) is 1. The Morgan fingerprint density at radius 3 is 2.42 bits per heavy atom. The zero-order valence-corrected chi connectivity index (χ0v) is 10.8. The van der Waals surface area contributed by atoms with Gasteiger partial charge in [0.1, 0.15) is 5.01 Å². The van der Waals surface area contributed by atoms with Crippen LogP contribution in [-0.2, 0) is 12.6 Å². The van der Waals surface area contributed by atoms with Crippen molar-refractivity contribution in [2.24, 2.45) is 0 Å². The molecular formula is C13H12F3NOS. The normalized spacial score (nSPS) is 11.8. The predicted molar refractivity (Wildman–Crippen MR) is 68.0 cm³/mol. The third kappa shape index (κ3) is 3.54. The van der Waals surface area contributed by atoms with Crippen LogP contribution in [0.25, 0.3) is 10.6 Å². The molecule has 0 saturated heterocycles. The van der Waals surface area contributed by atoms with Crippen LogP contribution in [-0.4, -0.2) is 16.7 Å². The summed E-state index contributed by atoms with van der Waals surface area (Å²) < 4.78 is 37.3. The quantitative estimate of drug-likeness (QED) is 0.929. The predicted octanol–water partition coefficient (Wildman–Crippen LogP) is 3.75. The zero-order valence-electron chi connectivity index (χ0n) is 9.94. The van der Waals surface area contributed by atoms with Crippen LogP contribution in [0.4, 0.5) is 13.2 Å². The van der Waals surface area contributed by atoms with Crippen molar-refractivity contribution in [1.29, 1.82) is 0 Å². The highest BCUT2D eigenvalue weighted by atomic mass is 32.1. The third-order valence-electron chi connectivity index (χ3n) is 2.60. The lowest BCUT2D eigenvalue weighted by Crippen LogP contribution is -2.03. The summed E-state index contributed by atoms with van der Waals surface area (Å²) >= 11 is 1.39. The summed E-state index contributed by atoms with van der Waals surface area (Å²) in [6.45, 7) is 0.104. The van der Waals surface area contributed by atoms with Crippen LogP contribution >= 0.6 is 11.3 Å². The number of hydrogen-bond acceptors (Lipinski definition) is 3. The Labute approximate surface area is 112 Å². The summed E-state index contributed by atoms with van der Waals surface area (Å²) in [6, 6.07) is 4.98. The Hall–Kier alpha value is -1.40. The number of halogens is 3. The van der Waals surface area contributed by atoms with E-state index in [1.807, 2.05) is 5.38 Å². The number of aliphatic hydroxyl groups excluding tert-OH is 1. The minimum atomic E-state index is -4.31. The van der Waals surface area contributed by atoms with Crippen molar-refractivity contribution in [3.05, 3.63) is 40.9 Å². The Morgan fingerprint density at radius 1 is 1.16 bits per heavy atom. The van der Waals surface area contributed by atoms with Crippen molar-refractivity contribution in [1.82, 2.24) is 4.98 Å². The number of hydrogen-bond donors (Lipinski definition) is 1. The minimum absolute atomic E-state index is 0.104. The standard InChI is InChI=1S/C13H12F3NOS/c14-13(15,16)10-5-3-9(4-6-10)12-17-11(8-19-12)2-1-7-18/h3-6,8,18H,1-2,7H2. The molecule has 1 N–H and O–H groups in total. The molecule has 6 heteroatoms. The molecular weight excluding hydrogens is 275 g/mol. The summed E-state index contributed by atoms with van der Waals surface area (Å²) in [5.74, 6) is 0. The van der Waals surface area contributed by atoms with Crippen LogP contribution in [0.2, 0.25) is 0 Å². The maximum Gasteiger partial charge on any atom is 0.416 e. The van der Waals surface area contributed by atoms with Crippen molar-refractivity contribution in [2.75, 3.05) is 6.61 Å². The molecule has 0 aliphatic carbocycles. The number of aromatic nitrogens is 1. The number of rotatable bonds is 4. The Balaban J connectivity index is 2.16. The molecule has 1 aromatic carbocycles. The van der Waals surface area contributed by atoms with E-state index in [0.29, 0.717) is 23.4 Å². The molecule has 0 amide bonds. The maximum absolute atomic E-state index is 12.4. The van der Waals surface area contributed by atoms with Gasteiger partial charge in [-0.1, -0.05) is 12.1 Å². The van der Waals surface area contributed by atoms with Gasteiger partial charge in [0.2, 0.25) is 0 Å². The molecule has 0 fully saturated rings. The van der Waals surface area contributed by atoms with Crippen molar-refractivity contribution < 1.29 is 18.3 Å². The van der Waals surface area contributed by atoms with E-state index in [1.54, 1.807) is 0 Å². The largest absolute Gasteiger partial charge is 0.416 e. The average Bonchev–Trinajstić information content (AvgIpc) is 2.84. The summed E-state index contributed by atoms with van der Waals surface area (Å²) in [5, 5.41) is 11.3. The van der Waals surface area contributed by atoms with E-state index < -0.39 is 11.7 Å². The molecule has 0 atom stereocenters. The van der Waals surface area contributed by atoms with E-state index >= 15 is 0 Å². The van der Waals surface area contributed by atoms with Crippen LogP contribution in [0, 0.1) is 0 Å². The molecule has 0 spiro atoms. The van der Waals surface area contributed by atoms with E-state index in [9.17, 15) is 13.2 Å². The minimum Gasteiger partial charge on any atom is -0.396 e. The third-order valence-corrected chi connectivity index (χ3v) is 3.54. The molecule has 2 rings (SSSR count). The van der Waals surface area contributed by atoms with Crippen LogP contribution < -0.4 is 0 Å². The fourth-order valence-electron chi connectivity index (χ4n) is 1.62. The van der Waals surface area contributed by atoms with Gasteiger partial charge >= 0.3 is 6.18 Å². The lowest BCUT2D eigenvalue weighted by atomic mass is 10.1. The van der Waals surface area contributed by atoms with E-state index in [0.717, 1.165) is 17.8 Å². The van der Waals surface area contributed by atoms with Gasteiger partial charge in [-0.15, -0.1) is 11.3 Å². The number of aryl methyl sites for hydroxylation is 1. The molecule has 19 heavy (non-hydrogen) atoms. The fourth-order valence-corrected chi connectivity index (χ4v) is 2.48. The van der Waals surface area contributed by atoms with Gasteiger partial charge in [0.25, 0.3) is 0 Å². The Kier molecular flexibility index (Phi) is 4.21. The molecule has 2 aromatic rings. The molecule has 0 radical (unpaired) electrons. The van der Waals surface area contributed by atoms with Gasteiger partial charge in [0, 0.05) is 17.6 Å². The van der Waals surface area contributed by atoms with Crippen molar-refractivity contribution >= 4 is 11.3 Å². The van der Waals surface area contributed by atoms with Gasteiger partial charge in [0.15, 0.2) is 0 Å². The van der Waals surface area contributed by atoms with Gasteiger partial charge < -0.3 is 5.11 Å². The van der Waals surface area contributed by atoms with Gasteiger partial charge in [-0.25, -0.2) is 4.98 Å². The summed E-state index contributed by atoms with van der Waals surface area (Å²) in [5.41, 5.74) is 0.871. The first-order chi connectivity index (χ1) is 9.00. The van der Waals surface area contributed by atoms with Crippen LogP contribution in [0.15, 0.2) is 29.6 Å². The Bertz CT molecular complexity index is 534. The Morgan fingerprint density at radius 2 is 1.84 bits per heavy atom. The highest BCUT2D eigenvalue weighted by Crippen LogP contribution is 2.31. The second-order valence-electron chi connectivity index (χ2n) is 4.05. The fraction of sp³-hybridized carbons (Fsp3) is 0.308. The first-order valence-electron chi connectivity index (χ1n) is 5.73. The summed E-state index contributed by atoms with van der Waals surface area (Å²) in [4.78, 5) is 4.34. The molecule has 0 aliphatic rings. The molecule has 1 aromatic heterocycles. The average molecular weight is 287 g/mol. The number of benzene rings is 1. The smallest absolute Gasteiger partial charge is 0.396 e. The topological polar surface area (TPSA) is 33.1 Å². The lowest BCUT2D eigenvalue weighted by molar-refractivity contribution is -0.137. The molecule has 102 valence electrons. The van der Waals surface area contributed by atoms with Crippen molar-refractivity contribution in [3.8, 4) is 10.6 Å². The first-order valence-corrected chi connectivity index (χ1v) is 6.61. The zero-order chi connectivity index (χ0) is 13.9. The monoisotopic (exact) mass is 287 g/mol. The molecule has 0 unspecified atom stereocenters. The highest BCUT2D eigenvalue weighted by molar-refractivity contribution is 7.13. The van der Waals surface area contributed by atoms with E-state index in [1.165, 1.54) is 23.5 Å². The van der Waals surface area contributed by atoms with Crippen LogP contribution in [0.1, 0.15) is 17.7 Å². The SMILES string of the molecule is OCCCc1csc(-c2ccc(C(F)(F)F)cc2)n1. The van der Waals surface area contributed by atoms with Gasteiger partial charge in [-0.2, -0.15) is 13.2 Å². The maximum atomic E-state index is 12.4. The number of alkyl halides is 3. The van der Waals surface area contributed by atoms with Crippen molar-refractivity contribution in [2.45, 2.75) is 19.0 Å². The van der Waals surface area contributed by atoms with Gasteiger partial charge in [-0.05, 0) is 25.0 Å². The highest BCUT2D eigenvalue weighted by Gasteiger charge is 2.30. The van der Waals surface area contributed by atoms with Gasteiger partial charge in [0.05, 0.1) is 11.3 Å². The second kappa shape index (κ2) is 5.71. The molecule has 0 bridgehead atoms. The van der Waals surface area contributed by atoms with Crippen LogP contribution in [0.3, 0.4) is 0 Å². The van der Waals surface area contributed by atoms with E-state index in [2.05, 4.69) is 4.98 Å². The number of aliphatic hydroxyl groups is 1. The van der Waals surface area contributed by atoms with Crippen molar-refractivity contribution in [3.63, 3.8) is 0 Å². The second-order valence-corrected chi connectivity index (χ2v) is 4.90. The number of thiazole rings is 1. The van der Waals surface area contributed by atoms with E-state index in [-0.39, 0.29) is 6.61 Å². The summed E-state index contributed by atoms with van der Waals surface area (Å²) in [7, 11) is 0. The molecule has 0 aliphatic heterocycles. The van der Waals surface area contributed by atoms with Gasteiger partial charge in [-0.3, -0.25) is 0 Å². The van der Waals surface area contributed by atoms with Crippen LogP contribution in [0.5, 0.6) is 0 Å². The first kappa shape index (κ1) is 14.0. The summed E-state index contributed by atoms with van der Waals surface area (Å²) in [6.07, 6.45) is -3.00. The molecule has 0 saturated carbocycles. The molecule has 2 nitrogen and oxygen atoms in total.